The van der Waals surface area contributed by atoms with Crippen molar-refractivity contribution >= 4 is 74.4 Å². The molecule has 9 aromatic rings. The minimum Gasteiger partial charge on any atom is -0.206 e. The van der Waals surface area contributed by atoms with Crippen LogP contribution in [0.3, 0.4) is 0 Å². The van der Waals surface area contributed by atoms with Gasteiger partial charge in [0.05, 0.1) is 0 Å². The second-order valence-corrected chi connectivity index (χ2v) is 14.7. The first-order valence-corrected chi connectivity index (χ1v) is 17.3. The van der Waals surface area contributed by atoms with Crippen LogP contribution < -0.4 is 0 Å². The van der Waals surface area contributed by atoms with Gasteiger partial charge in [0, 0.05) is 61.6 Å². The Morgan fingerprint density at radius 3 is 1.19 bits per heavy atom. The van der Waals surface area contributed by atoms with Gasteiger partial charge in [-0.1, -0.05) is 60.7 Å². The quantitative estimate of drug-likeness (QED) is 0.163. The summed E-state index contributed by atoms with van der Waals surface area (Å²) in [5.74, 6) is -1.82. The standard InChI is InChI=1S/C40H20F4S3/c41-31-7-3-1-5-25(31)27-11-9-21(15-33(27)43)35-17-23-13-29-30-14-24-18-36(46-38(24)20-40(30)47-39(29)19-37(23)45-35)22-10-12-28(34(44)16-22)26-6-2-4-8-32(26)42/h1-20H. The molecule has 9 rings (SSSR count). The van der Waals surface area contributed by atoms with Gasteiger partial charge in [-0.15, -0.1) is 34.0 Å². The Bertz CT molecular complexity index is 2510. The number of rotatable bonds is 4. The van der Waals surface area contributed by atoms with Crippen LogP contribution in [0.2, 0.25) is 0 Å². The van der Waals surface area contributed by atoms with E-state index in [1.54, 1.807) is 82.5 Å². The summed E-state index contributed by atoms with van der Waals surface area (Å²) in [5, 5.41) is 4.45. The number of hydrogen-bond donors (Lipinski definition) is 0. The molecule has 0 amide bonds. The highest BCUT2D eigenvalue weighted by molar-refractivity contribution is 7.27. The second kappa shape index (κ2) is 10.9. The molecule has 0 atom stereocenters. The van der Waals surface area contributed by atoms with Crippen LogP contribution in [0.25, 0.3) is 83.5 Å². The van der Waals surface area contributed by atoms with E-state index >= 15 is 8.78 Å². The zero-order chi connectivity index (χ0) is 31.8. The fraction of sp³-hybridized carbons (Fsp3) is 0. The molecule has 47 heavy (non-hydrogen) atoms. The summed E-state index contributed by atoms with van der Waals surface area (Å²) in [6.07, 6.45) is 0. The lowest BCUT2D eigenvalue weighted by molar-refractivity contribution is 0.616. The normalized spacial score (nSPS) is 11.8. The zero-order valence-corrected chi connectivity index (χ0v) is 26.7. The number of benzene rings is 6. The van der Waals surface area contributed by atoms with Crippen LogP contribution in [0.15, 0.2) is 121 Å². The van der Waals surface area contributed by atoms with Crippen molar-refractivity contribution in [1.29, 1.82) is 0 Å². The highest BCUT2D eigenvalue weighted by Gasteiger charge is 2.16. The van der Waals surface area contributed by atoms with Gasteiger partial charge in [-0.25, -0.2) is 17.6 Å². The van der Waals surface area contributed by atoms with Gasteiger partial charge in [0.2, 0.25) is 0 Å². The van der Waals surface area contributed by atoms with Crippen LogP contribution in [-0.4, -0.2) is 0 Å². The van der Waals surface area contributed by atoms with Gasteiger partial charge in [0.15, 0.2) is 0 Å². The molecular weight excluding hydrogens is 653 g/mol. The summed E-state index contributed by atoms with van der Waals surface area (Å²) in [5.41, 5.74) is 2.49. The van der Waals surface area contributed by atoms with Gasteiger partial charge in [-0.2, -0.15) is 0 Å². The average Bonchev–Trinajstić information content (AvgIpc) is 3.77. The maximum absolute atomic E-state index is 15.2. The first kappa shape index (κ1) is 28.4. The largest absolute Gasteiger partial charge is 0.206 e. The molecule has 3 aromatic heterocycles. The van der Waals surface area contributed by atoms with Gasteiger partial charge in [-0.05, 0) is 82.6 Å². The fourth-order valence-corrected chi connectivity index (χ4v) is 9.72. The molecule has 0 spiro atoms. The van der Waals surface area contributed by atoms with E-state index in [9.17, 15) is 8.78 Å². The van der Waals surface area contributed by atoms with Gasteiger partial charge >= 0.3 is 0 Å². The third-order valence-electron chi connectivity index (χ3n) is 8.58. The van der Waals surface area contributed by atoms with Crippen molar-refractivity contribution in [3.05, 3.63) is 145 Å². The molecule has 0 aliphatic carbocycles. The minimum atomic E-state index is -0.458. The van der Waals surface area contributed by atoms with Gasteiger partial charge in [-0.3, -0.25) is 0 Å². The van der Waals surface area contributed by atoms with E-state index in [2.05, 4.69) is 36.4 Å². The van der Waals surface area contributed by atoms with Gasteiger partial charge < -0.3 is 0 Å². The van der Waals surface area contributed by atoms with Gasteiger partial charge in [0.25, 0.3) is 0 Å². The van der Waals surface area contributed by atoms with E-state index in [1.165, 1.54) is 33.7 Å². The molecule has 0 fully saturated rings. The van der Waals surface area contributed by atoms with Crippen molar-refractivity contribution in [3.63, 3.8) is 0 Å². The highest BCUT2D eigenvalue weighted by Crippen LogP contribution is 2.45. The summed E-state index contributed by atoms with van der Waals surface area (Å²) in [7, 11) is 0. The summed E-state index contributed by atoms with van der Waals surface area (Å²) < 4.78 is 63.5. The molecular formula is C40H20F4S3. The average molecular weight is 673 g/mol. The Hall–Kier alpha value is -4.82. The van der Waals surface area contributed by atoms with Crippen molar-refractivity contribution in [3.8, 4) is 43.1 Å². The van der Waals surface area contributed by atoms with Crippen LogP contribution in [0.5, 0.6) is 0 Å². The molecule has 0 saturated carbocycles. The van der Waals surface area contributed by atoms with E-state index in [0.717, 1.165) is 51.8 Å². The first-order valence-electron chi connectivity index (χ1n) is 14.8. The Kier molecular flexibility index (Phi) is 6.57. The summed E-state index contributed by atoms with van der Waals surface area (Å²) in [6, 6.07) is 35.3. The lowest BCUT2D eigenvalue weighted by Crippen LogP contribution is -1.88. The third kappa shape index (κ3) is 4.76. The van der Waals surface area contributed by atoms with Crippen molar-refractivity contribution in [2.24, 2.45) is 0 Å². The minimum absolute atomic E-state index is 0.243. The van der Waals surface area contributed by atoms with E-state index in [4.69, 9.17) is 0 Å². The van der Waals surface area contributed by atoms with E-state index < -0.39 is 23.3 Å². The molecule has 6 aromatic carbocycles. The molecule has 0 saturated heterocycles. The fourth-order valence-electron chi connectivity index (χ4n) is 6.26. The molecule has 3 heterocycles. The number of thiophene rings is 3. The van der Waals surface area contributed by atoms with Crippen molar-refractivity contribution in [2.45, 2.75) is 0 Å². The van der Waals surface area contributed by atoms with Gasteiger partial charge in [0.1, 0.15) is 23.3 Å². The van der Waals surface area contributed by atoms with Crippen LogP contribution in [0.4, 0.5) is 17.6 Å². The topological polar surface area (TPSA) is 0 Å². The van der Waals surface area contributed by atoms with E-state index in [0.29, 0.717) is 0 Å². The van der Waals surface area contributed by atoms with Crippen molar-refractivity contribution in [1.82, 2.24) is 0 Å². The lowest BCUT2D eigenvalue weighted by Gasteiger charge is -2.06. The van der Waals surface area contributed by atoms with E-state index in [1.807, 2.05) is 12.1 Å². The Balaban J connectivity index is 1.08. The van der Waals surface area contributed by atoms with Crippen LogP contribution in [0.1, 0.15) is 0 Å². The number of hydrogen-bond acceptors (Lipinski definition) is 3. The third-order valence-corrected chi connectivity index (χ3v) is 12.0. The number of fused-ring (bicyclic) bond motifs is 5. The molecule has 0 N–H and O–H groups in total. The monoisotopic (exact) mass is 672 g/mol. The van der Waals surface area contributed by atoms with Crippen LogP contribution >= 0.6 is 34.0 Å². The molecule has 0 nitrogen and oxygen atoms in total. The predicted octanol–water partition coefficient (Wildman–Crippen LogP) is 13.7. The molecule has 0 aliphatic heterocycles. The summed E-state index contributed by atoms with van der Waals surface area (Å²) >= 11 is 4.95. The summed E-state index contributed by atoms with van der Waals surface area (Å²) in [4.78, 5) is 1.89. The predicted molar refractivity (Wildman–Crippen MR) is 192 cm³/mol. The molecule has 7 heteroatoms. The van der Waals surface area contributed by atoms with Crippen molar-refractivity contribution < 1.29 is 17.6 Å². The molecule has 226 valence electrons. The molecule has 0 bridgehead atoms. The maximum Gasteiger partial charge on any atom is 0.131 e. The molecule has 0 aliphatic rings. The zero-order valence-electron chi connectivity index (χ0n) is 24.3. The Morgan fingerprint density at radius 2 is 0.766 bits per heavy atom. The second-order valence-electron chi connectivity index (χ2n) is 11.4. The van der Waals surface area contributed by atoms with Crippen LogP contribution in [-0.2, 0) is 0 Å². The summed E-state index contributed by atoms with van der Waals surface area (Å²) in [6.45, 7) is 0. The highest BCUT2D eigenvalue weighted by atomic mass is 32.1. The Morgan fingerprint density at radius 1 is 0.340 bits per heavy atom. The first-order chi connectivity index (χ1) is 22.9. The Labute approximate surface area is 278 Å². The lowest BCUT2D eigenvalue weighted by atomic mass is 10.0. The van der Waals surface area contributed by atoms with E-state index in [-0.39, 0.29) is 22.3 Å². The smallest absolute Gasteiger partial charge is 0.131 e. The molecule has 0 unspecified atom stereocenters. The maximum atomic E-state index is 15.2. The molecule has 0 radical (unpaired) electrons. The number of halogens is 4. The van der Waals surface area contributed by atoms with Crippen molar-refractivity contribution in [2.75, 3.05) is 0 Å². The SMILES string of the molecule is Fc1ccccc1-c1ccc(-c2cc3cc4c(cc3s2)sc2cc3sc(-c5ccc(-c6ccccc6F)c(F)c5)cc3cc24)cc1F. The van der Waals surface area contributed by atoms with Crippen LogP contribution in [0, 0.1) is 23.3 Å².